The van der Waals surface area contributed by atoms with Gasteiger partial charge in [-0.25, -0.2) is 13.1 Å². The molecule has 0 heterocycles. The van der Waals surface area contributed by atoms with E-state index in [1.165, 1.54) is 0 Å². The molecule has 1 rings (SSSR count). The summed E-state index contributed by atoms with van der Waals surface area (Å²) in [6.07, 6.45) is -11.8. The molecule has 0 aromatic heterocycles. The number of hydrogen-bond donors (Lipinski definition) is 2. The fraction of sp³-hybridized carbons (Fsp3) is 0.500. The molecule has 1 aromatic carbocycles. The molecule has 0 radical (unpaired) electrons. The number of hydrogen-bond acceptors (Lipinski definition) is 4. The summed E-state index contributed by atoms with van der Waals surface area (Å²) in [5.74, 6) is -4.64. The van der Waals surface area contributed by atoms with Crippen molar-refractivity contribution in [2.24, 2.45) is 5.92 Å². The summed E-state index contributed by atoms with van der Waals surface area (Å²) in [5, 5.41) is 8.85. The Hall–Kier alpha value is -1.67. The first-order chi connectivity index (χ1) is 11.7. The van der Waals surface area contributed by atoms with Crippen LogP contribution in [-0.2, 0) is 10.0 Å². The van der Waals surface area contributed by atoms with E-state index in [2.05, 4.69) is 4.74 Å². The van der Waals surface area contributed by atoms with Gasteiger partial charge in [0.25, 0.3) is 0 Å². The SMILES string of the molecule is O=S(=O)(NC(CO)C(C(F)(F)F)C(F)(F)F)c1ccc(OC(F)F)cc1. The second-order valence-electron chi connectivity index (χ2n) is 4.82. The van der Waals surface area contributed by atoms with Gasteiger partial charge in [-0.3, -0.25) is 0 Å². The predicted octanol–water partition coefficient (Wildman–Crippen LogP) is 2.67. The van der Waals surface area contributed by atoms with Crippen molar-refractivity contribution in [3.63, 3.8) is 0 Å². The minimum absolute atomic E-state index is 0.485. The van der Waals surface area contributed by atoms with E-state index in [9.17, 15) is 43.5 Å². The largest absolute Gasteiger partial charge is 0.435 e. The van der Waals surface area contributed by atoms with Crippen molar-refractivity contribution in [3.05, 3.63) is 24.3 Å². The van der Waals surface area contributed by atoms with E-state index in [0.29, 0.717) is 12.1 Å². The highest BCUT2D eigenvalue weighted by Crippen LogP contribution is 2.41. The zero-order valence-electron chi connectivity index (χ0n) is 12.4. The Kier molecular flexibility index (Phi) is 6.81. The van der Waals surface area contributed by atoms with E-state index < -0.39 is 58.2 Å². The number of nitrogens with one attached hydrogen (secondary N) is 1. The fourth-order valence-electron chi connectivity index (χ4n) is 1.92. The number of ether oxygens (including phenoxy) is 1. The zero-order chi connectivity index (χ0) is 20.3. The summed E-state index contributed by atoms with van der Waals surface area (Å²) < 4.78 is 129. The van der Waals surface area contributed by atoms with Crippen LogP contribution in [0.3, 0.4) is 0 Å². The number of alkyl halides is 8. The molecule has 26 heavy (non-hydrogen) atoms. The van der Waals surface area contributed by atoms with Crippen molar-refractivity contribution >= 4 is 10.0 Å². The Morgan fingerprint density at radius 2 is 1.46 bits per heavy atom. The van der Waals surface area contributed by atoms with Gasteiger partial charge in [0.15, 0.2) is 5.92 Å². The van der Waals surface area contributed by atoms with Crippen LogP contribution in [0, 0.1) is 5.92 Å². The smallest absolute Gasteiger partial charge is 0.402 e. The van der Waals surface area contributed by atoms with Gasteiger partial charge in [0.05, 0.1) is 17.5 Å². The molecule has 0 amide bonds. The average Bonchev–Trinajstić information content (AvgIpc) is 2.43. The Balaban J connectivity index is 3.12. The lowest BCUT2D eigenvalue weighted by Gasteiger charge is -2.29. The van der Waals surface area contributed by atoms with E-state index >= 15 is 0 Å². The van der Waals surface area contributed by atoms with Gasteiger partial charge in [0, 0.05) is 0 Å². The van der Waals surface area contributed by atoms with Crippen molar-refractivity contribution in [2.75, 3.05) is 6.61 Å². The molecule has 14 heteroatoms. The van der Waals surface area contributed by atoms with E-state index in [-0.39, 0.29) is 0 Å². The summed E-state index contributed by atoms with van der Waals surface area (Å²) in [7, 11) is -4.94. The lowest BCUT2D eigenvalue weighted by molar-refractivity contribution is -0.292. The molecule has 0 fully saturated rings. The van der Waals surface area contributed by atoms with Gasteiger partial charge in [0.1, 0.15) is 5.75 Å². The maximum absolute atomic E-state index is 12.7. The molecule has 0 aliphatic rings. The lowest BCUT2D eigenvalue weighted by atomic mass is 10.00. The van der Waals surface area contributed by atoms with Crippen LogP contribution in [-0.4, -0.2) is 45.1 Å². The Morgan fingerprint density at radius 3 is 1.81 bits per heavy atom. The molecule has 1 aromatic rings. The molecule has 0 saturated heterocycles. The second kappa shape index (κ2) is 7.92. The molecule has 0 aliphatic heterocycles. The van der Waals surface area contributed by atoms with Gasteiger partial charge >= 0.3 is 19.0 Å². The molecule has 2 N–H and O–H groups in total. The molecule has 1 unspecified atom stereocenters. The normalized spacial score (nSPS) is 14.7. The molecular weight excluding hydrogens is 406 g/mol. The lowest BCUT2D eigenvalue weighted by Crippen LogP contribution is -2.54. The molecular formula is C12H11F8NO4S. The third-order valence-electron chi connectivity index (χ3n) is 2.97. The first-order valence-electron chi connectivity index (χ1n) is 6.50. The molecule has 0 aliphatic carbocycles. The molecule has 5 nitrogen and oxygen atoms in total. The van der Waals surface area contributed by atoms with Gasteiger partial charge in [-0.2, -0.15) is 35.1 Å². The van der Waals surface area contributed by atoms with E-state index in [1.807, 2.05) is 0 Å². The Labute approximate surface area is 141 Å². The highest BCUT2D eigenvalue weighted by Gasteiger charge is 2.60. The van der Waals surface area contributed by atoms with Crippen molar-refractivity contribution in [3.8, 4) is 5.75 Å². The van der Waals surface area contributed by atoms with Gasteiger partial charge in [-0.05, 0) is 24.3 Å². The van der Waals surface area contributed by atoms with Gasteiger partial charge in [0.2, 0.25) is 10.0 Å². The first-order valence-corrected chi connectivity index (χ1v) is 7.98. The van der Waals surface area contributed by atoms with Crippen LogP contribution in [0.4, 0.5) is 35.1 Å². The highest BCUT2D eigenvalue weighted by atomic mass is 32.2. The maximum Gasteiger partial charge on any atom is 0.402 e. The van der Waals surface area contributed by atoms with E-state index in [4.69, 9.17) is 5.11 Å². The van der Waals surface area contributed by atoms with Crippen LogP contribution in [0.25, 0.3) is 0 Å². The van der Waals surface area contributed by atoms with Crippen LogP contribution in [0.2, 0.25) is 0 Å². The highest BCUT2D eigenvalue weighted by molar-refractivity contribution is 7.89. The number of aliphatic hydroxyl groups excluding tert-OH is 1. The molecule has 0 spiro atoms. The fourth-order valence-corrected chi connectivity index (χ4v) is 3.16. The maximum atomic E-state index is 12.7. The monoisotopic (exact) mass is 417 g/mol. The summed E-state index contributed by atoms with van der Waals surface area (Å²) in [4.78, 5) is -0.819. The third kappa shape index (κ3) is 5.95. The quantitative estimate of drug-likeness (QED) is 0.669. The summed E-state index contributed by atoms with van der Waals surface area (Å²) in [6, 6.07) is -0.244. The number of benzene rings is 1. The van der Waals surface area contributed by atoms with Crippen LogP contribution in [0.1, 0.15) is 0 Å². The van der Waals surface area contributed by atoms with Crippen molar-refractivity contribution < 1.29 is 53.4 Å². The molecule has 0 saturated carbocycles. The Morgan fingerprint density at radius 1 is 1.00 bits per heavy atom. The number of rotatable bonds is 7. The van der Waals surface area contributed by atoms with Gasteiger partial charge < -0.3 is 9.84 Å². The van der Waals surface area contributed by atoms with Crippen LogP contribution in [0.5, 0.6) is 5.75 Å². The minimum Gasteiger partial charge on any atom is -0.435 e. The summed E-state index contributed by atoms with van der Waals surface area (Å²) >= 11 is 0. The Bertz CT molecular complexity index is 673. The van der Waals surface area contributed by atoms with E-state index in [0.717, 1.165) is 16.9 Å². The van der Waals surface area contributed by atoms with Gasteiger partial charge in [-0.15, -0.1) is 0 Å². The van der Waals surface area contributed by atoms with Crippen LogP contribution in [0.15, 0.2) is 29.2 Å². The number of halogens is 8. The summed E-state index contributed by atoms with van der Waals surface area (Å²) in [6.45, 7) is -5.02. The van der Waals surface area contributed by atoms with Crippen LogP contribution < -0.4 is 9.46 Å². The first kappa shape index (κ1) is 22.4. The molecule has 1 atom stereocenters. The number of sulfonamides is 1. The number of aliphatic hydroxyl groups is 1. The van der Waals surface area contributed by atoms with Gasteiger partial charge in [-0.1, -0.05) is 0 Å². The topological polar surface area (TPSA) is 75.6 Å². The second-order valence-corrected chi connectivity index (χ2v) is 6.54. The van der Waals surface area contributed by atoms with Crippen LogP contribution >= 0.6 is 0 Å². The zero-order valence-corrected chi connectivity index (χ0v) is 13.2. The van der Waals surface area contributed by atoms with Crippen molar-refractivity contribution in [2.45, 2.75) is 29.9 Å². The molecule has 150 valence electrons. The minimum atomic E-state index is -5.89. The van der Waals surface area contributed by atoms with E-state index in [1.54, 1.807) is 0 Å². The van der Waals surface area contributed by atoms with Crippen molar-refractivity contribution in [1.82, 2.24) is 4.72 Å². The molecule has 0 bridgehead atoms. The third-order valence-corrected chi connectivity index (χ3v) is 4.48. The predicted molar refractivity (Wildman–Crippen MR) is 69.9 cm³/mol. The van der Waals surface area contributed by atoms with Crippen molar-refractivity contribution in [1.29, 1.82) is 0 Å². The standard InChI is InChI=1S/C12H11F8NO4S/c13-10(14)25-6-1-3-7(4-2-6)26(23,24)21-8(5-22)9(11(15,16)17)12(18,19)20/h1-4,8-10,21-22H,5H2. The average molecular weight is 417 g/mol. The summed E-state index contributed by atoms with van der Waals surface area (Å²) in [5.41, 5.74) is 0.